The third kappa shape index (κ3) is 2.82. The highest BCUT2D eigenvalue weighted by Crippen LogP contribution is 2.28. The van der Waals surface area contributed by atoms with E-state index in [2.05, 4.69) is 9.88 Å². The second kappa shape index (κ2) is 5.67. The zero-order valence-corrected chi connectivity index (χ0v) is 11.1. The van der Waals surface area contributed by atoms with Crippen molar-refractivity contribution in [3.8, 4) is 0 Å². The summed E-state index contributed by atoms with van der Waals surface area (Å²) in [6.45, 7) is 5.74. The van der Waals surface area contributed by atoms with Crippen molar-refractivity contribution >= 4 is 5.69 Å². The average Bonchev–Trinajstić information content (AvgIpc) is 2.39. The molecule has 1 atom stereocenters. The van der Waals surface area contributed by atoms with Crippen LogP contribution in [0.15, 0.2) is 12.3 Å². The van der Waals surface area contributed by atoms with E-state index in [1.165, 1.54) is 0 Å². The lowest BCUT2D eigenvalue weighted by Gasteiger charge is -2.35. The minimum absolute atomic E-state index is 0.0267. The second-order valence-corrected chi connectivity index (χ2v) is 5.18. The number of hydrogen-bond acceptors (Lipinski definition) is 4. The van der Waals surface area contributed by atoms with Gasteiger partial charge in [-0.1, -0.05) is 0 Å². The highest BCUT2D eigenvalue weighted by molar-refractivity contribution is 5.53. The van der Waals surface area contributed by atoms with Gasteiger partial charge in [-0.2, -0.15) is 0 Å². The molecule has 18 heavy (non-hydrogen) atoms. The van der Waals surface area contributed by atoms with Crippen LogP contribution in [-0.2, 0) is 6.61 Å². The molecular weight excluding hydrogens is 228 g/mol. The summed E-state index contributed by atoms with van der Waals surface area (Å²) >= 11 is 0. The summed E-state index contributed by atoms with van der Waals surface area (Å²) in [6.07, 6.45) is 3.54. The van der Waals surface area contributed by atoms with E-state index in [9.17, 15) is 10.2 Å². The van der Waals surface area contributed by atoms with E-state index in [0.29, 0.717) is 5.92 Å². The number of piperidine rings is 1. The number of rotatable bonds is 3. The third-order valence-electron chi connectivity index (χ3n) is 3.83. The molecule has 0 bridgehead atoms. The van der Waals surface area contributed by atoms with Crippen molar-refractivity contribution in [1.29, 1.82) is 0 Å². The molecule has 0 radical (unpaired) electrons. The van der Waals surface area contributed by atoms with Gasteiger partial charge in [0.1, 0.15) is 0 Å². The molecule has 0 spiro atoms. The van der Waals surface area contributed by atoms with Crippen LogP contribution < -0.4 is 4.90 Å². The maximum Gasteiger partial charge on any atom is 0.0717 e. The van der Waals surface area contributed by atoms with Gasteiger partial charge in [-0.05, 0) is 38.7 Å². The Labute approximate surface area is 108 Å². The average molecular weight is 250 g/mol. The normalized spacial score (nSPS) is 19.0. The SMILES string of the molecule is Cc1cc(N2CCC(C(C)O)CC2)c(CO)cn1. The zero-order valence-electron chi connectivity index (χ0n) is 11.1. The number of pyridine rings is 1. The first-order valence-electron chi connectivity index (χ1n) is 6.61. The number of aliphatic hydroxyl groups is 2. The molecule has 4 nitrogen and oxygen atoms in total. The molecule has 100 valence electrons. The number of anilines is 1. The number of aromatic nitrogens is 1. The van der Waals surface area contributed by atoms with Crippen LogP contribution in [0.5, 0.6) is 0 Å². The quantitative estimate of drug-likeness (QED) is 0.853. The van der Waals surface area contributed by atoms with E-state index in [4.69, 9.17) is 0 Å². The zero-order chi connectivity index (χ0) is 13.1. The van der Waals surface area contributed by atoms with Gasteiger partial charge in [0.05, 0.1) is 12.7 Å². The van der Waals surface area contributed by atoms with Crippen molar-refractivity contribution in [2.24, 2.45) is 5.92 Å². The van der Waals surface area contributed by atoms with Crippen LogP contribution in [0.3, 0.4) is 0 Å². The van der Waals surface area contributed by atoms with Crippen LogP contribution in [0, 0.1) is 12.8 Å². The molecule has 2 rings (SSSR count). The van der Waals surface area contributed by atoms with Gasteiger partial charge in [0.25, 0.3) is 0 Å². The Bertz CT molecular complexity index is 399. The van der Waals surface area contributed by atoms with Crippen LogP contribution in [0.4, 0.5) is 5.69 Å². The number of nitrogens with zero attached hydrogens (tertiary/aromatic N) is 2. The summed E-state index contributed by atoms with van der Waals surface area (Å²) in [7, 11) is 0. The van der Waals surface area contributed by atoms with Crippen molar-refractivity contribution < 1.29 is 10.2 Å². The monoisotopic (exact) mass is 250 g/mol. The van der Waals surface area contributed by atoms with E-state index in [1.807, 2.05) is 19.9 Å². The number of aryl methyl sites for hydroxylation is 1. The van der Waals surface area contributed by atoms with E-state index in [0.717, 1.165) is 42.9 Å². The molecule has 4 heteroatoms. The van der Waals surface area contributed by atoms with Crippen molar-refractivity contribution in [3.05, 3.63) is 23.5 Å². The van der Waals surface area contributed by atoms with Crippen LogP contribution in [-0.4, -0.2) is 34.4 Å². The molecule has 1 unspecified atom stereocenters. The third-order valence-corrected chi connectivity index (χ3v) is 3.83. The molecule has 1 fully saturated rings. The van der Waals surface area contributed by atoms with E-state index in [1.54, 1.807) is 6.20 Å². The van der Waals surface area contributed by atoms with Crippen LogP contribution >= 0.6 is 0 Å². The second-order valence-electron chi connectivity index (χ2n) is 5.18. The molecule has 1 saturated heterocycles. The fraction of sp³-hybridized carbons (Fsp3) is 0.643. The fourth-order valence-electron chi connectivity index (χ4n) is 2.61. The van der Waals surface area contributed by atoms with Crippen LogP contribution in [0.1, 0.15) is 31.0 Å². The Morgan fingerprint density at radius 2 is 2.11 bits per heavy atom. The highest BCUT2D eigenvalue weighted by Gasteiger charge is 2.23. The minimum atomic E-state index is -0.219. The van der Waals surface area contributed by atoms with Gasteiger partial charge < -0.3 is 15.1 Å². The smallest absolute Gasteiger partial charge is 0.0717 e. The van der Waals surface area contributed by atoms with Crippen molar-refractivity contribution in [1.82, 2.24) is 4.98 Å². The molecule has 0 aromatic carbocycles. The summed E-state index contributed by atoms with van der Waals surface area (Å²) < 4.78 is 0. The van der Waals surface area contributed by atoms with Gasteiger partial charge in [0.2, 0.25) is 0 Å². The first kappa shape index (κ1) is 13.3. The molecule has 1 aliphatic heterocycles. The molecule has 1 aromatic rings. The number of aliphatic hydroxyl groups excluding tert-OH is 2. The van der Waals surface area contributed by atoms with Crippen molar-refractivity contribution in [3.63, 3.8) is 0 Å². The van der Waals surface area contributed by atoms with E-state index < -0.39 is 0 Å². The minimum Gasteiger partial charge on any atom is -0.393 e. The van der Waals surface area contributed by atoms with Crippen LogP contribution in [0.25, 0.3) is 0 Å². The molecule has 0 amide bonds. The van der Waals surface area contributed by atoms with Gasteiger partial charge in [-0.25, -0.2) is 0 Å². The fourth-order valence-corrected chi connectivity index (χ4v) is 2.61. The van der Waals surface area contributed by atoms with Gasteiger partial charge in [0.15, 0.2) is 0 Å². The molecule has 1 aromatic heterocycles. The number of hydrogen-bond donors (Lipinski definition) is 2. The van der Waals surface area contributed by atoms with E-state index >= 15 is 0 Å². The first-order chi connectivity index (χ1) is 8.61. The van der Waals surface area contributed by atoms with Crippen LogP contribution in [0.2, 0.25) is 0 Å². The lowest BCUT2D eigenvalue weighted by molar-refractivity contribution is 0.110. The molecule has 1 aliphatic rings. The lowest BCUT2D eigenvalue weighted by atomic mass is 9.92. The first-order valence-corrected chi connectivity index (χ1v) is 6.61. The Kier molecular flexibility index (Phi) is 4.19. The maximum absolute atomic E-state index is 9.61. The summed E-state index contributed by atoms with van der Waals surface area (Å²) in [5, 5.41) is 19.0. The van der Waals surface area contributed by atoms with Gasteiger partial charge >= 0.3 is 0 Å². The Morgan fingerprint density at radius 1 is 1.44 bits per heavy atom. The summed E-state index contributed by atoms with van der Waals surface area (Å²) in [5.41, 5.74) is 2.95. The van der Waals surface area contributed by atoms with Crippen molar-refractivity contribution in [2.75, 3.05) is 18.0 Å². The maximum atomic E-state index is 9.61. The molecular formula is C14H22N2O2. The topological polar surface area (TPSA) is 56.6 Å². The predicted molar refractivity (Wildman–Crippen MR) is 71.5 cm³/mol. The summed E-state index contributed by atoms with van der Waals surface area (Å²) in [4.78, 5) is 6.51. The molecule has 2 heterocycles. The predicted octanol–water partition coefficient (Wildman–Crippen LogP) is 1.48. The van der Waals surface area contributed by atoms with Gasteiger partial charge in [-0.3, -0.25) is 4.98 Å². The largest absolute Gasteiger partial charge is 0.393 e. The Morgan fingerprint density at radius 3 is 2.67 bits per heavy atom. The van der Waals surface area contributed by atoms with Crippen molar-refractivity contribution in [2.45, 2.75) is 39.4 Å². The standard InChI is InChI=1S/C14H22N2O2/c1-10-7-14(13(9-17)8-15-10)16-5-3-12(4-6-16)11(2)18/h7-8,11-12,17-18H,3-6,9H2,1-2H3. The van der Waals surface area contributed by atoms with E-state index in [-0.39, 0.29) is 12.7 Å². The molecule has 0 aliphatic carbocycles. The summed E-state index contributed by atoms with van der Waals surface area (Å²) in [5.74, 6) is 0.404. The highest BCUT2D eigenvalue weighted by atomic mass is 16.3. The Balaban J connectivity index is 2.11. The van der Waals surface area contributed by atoms with Gasteiger partial charge in [0, 0.05) is 36.2 Å². The molecule has 2 N–H and O–H groups in total. The lowest BCUT2D eigenvalue weighted by Crippen LogP contribution is -2.37. The van der Waals surface area contributed by atoms with Gasteiger partial charge in [-0.15, -0.1) is 0 Å². The molecule has 0 saturated carbocycles. The summed E-state index contributed by atoms with van der Waals surface area (Å²) in [6, 6.07) is 2.04. The Hall–Kier alpha value is -1.13.